The highest BCUT2D eigenvalue weighted by Gasteiger charge is 2.33. The fourth-order valence-electron chi connectivity index (χ4n) is 3.46. The third kappa shape index (κ3) is 6.01. The van der Waals surface area contributed by atoms with Gasteiger partial charge >= 0.3 is 12.6 Å². The number of aldehydes is 1. The maximum Gasteiger partial charge on any atom is 0.387 e. The minimum Gasteiger partial charge on any atom is -0.478 e. The summed E-state index contributed by atoms with van der Waals surface area (Å²) in [6.07, 6.45) is 3.64. The zero-order chi connectivity index (χ0) is 22.5. The second kappa shape index (κ2) is 10.0. The predicted octanol–water partition coefficient (Wildman–Crippen LogP) is 5.74. The number of fused-ring (bicyclic) bond motifs is 1. The van der Waals surface area contributed by atoms with E-state index in [1.165, 1.54) is 29.1 Å². The molecule has 0 fully saturated rings. The fourth-order valence-corrected chi connectivity index (χ4v) is 4.73. The first kappa shape index (κ1) is 23.8. The van der Waals surface area contributed by atoms with Crippen molar-refractivity contribution in [3.8, 4) is 5.75 Å². The molecule has 0 amide bonds. The Morgan fingerprint density at radius 1 is 1.30 bits per heavy atom. The van der Waals surface area contributed by atoms with Gasteiger partial charge in [0.05, 0.1) is 5.56 Å². The number of carbonyl (C=O) groups excluding carboxylic acids is 1. The molecule has 2 aromatic rings. The van der Waals surface area contributed by atoms with Gasteiger partial charge < -0.3 is 15.2 Å². The molecule has 3 rings (SSSR count). The average Bonchev–Trinajstić information content (AvgIpc) is 3.06. The number of ether oxygens (including phenoxy) is 1. The summed E-state index contributed by atoms with van der Waals surface area (Å²) in [5, 5.41) is 13.2. The maximum absolute atomic E-state index is 11.6. The quantitative estimate of drug-likeness (QED) is 0.581. The molecule has 1 atom stereocenters. The predicted molar refractivity (Wildman–Crippen MR) is 114 cm³/mol. The summed E-state index contributed by atoms with van der Waals surface area (Å²) in [4.78, 5) is 22.8. The number of anilines is 1. The number of benzene rings is 1. The summed E-state index contributed by atoms with van der Waals surface area (Å²) >= 11 is 1.62. The van der Waals surface area contributed by atoms with E-state index in [4.69, 9.17) is 0 Å². The molecule has 0 aliphatic heterocycles. The number of thiophene rings is 1. The Hall–Kier alpha value is -2.48. The second-order valence-corrected chi connectivity index (χ2v) is 9.24. The van der Waals surface area contributed by atoms with E-state index in [-0.39, 0.29) is 5.75 Å². The van der Waals surface area contributed by atoms with Crippen molar-refractivity contribution in [3.63, 3.8) is 0 Å². The Labute approximate surface area is 179 Å². The van der Waals surface area contributed by atoms with Crippen molar-refractivity contribution < 1.29 is 28.2 Å². The second-order valence-electron chi connectivity index (χ2n) is 8.13. The smallest absolute Gasteiger partial charge is 0.387 e. The van der Waals surface area contributed by atoms with Crippen LogP contribution in [0, 0.1) is 11.3 Å². The molecular formula is C22H27F2NO4S. The lowest BCUT2D eigenvalue weighted by atomic mass is 9.72. The van der Waals surface area contributed by atoms with Crippen LogP contribution in [0.5, 0.6) is 5.75 Å². The maximum atomic E-state index is 11.6. The molecule has 1 aromatic heterocycles. The highest BCUT2D eigenvalue weighted by atomic mass is 32.1. The van der Waals surface area contributed by atoms with Gasteiger partial charge in [0.15, 0.2) is 0 Å². The Balaban J connectivity index is 0.000000232. The van der Waals surface area contributed by atoms with Crippen molar-refractivity contribution in [2.75, 3.05) is 12.4 Å². The van der Waals surface area contributed by atoms with Gasteiger partial charge in [-0.25, -0.2) is 4.79 Å². The van der Waals surface area contributed by atoms with Gasteiger partial charge in [-0.1, -0.05) is 20.8 Å². The van der Waals surface area contributed by atoms with Gasteiger partial charge in [-0.2, -0.15) is 8.78 Å². The van der Waals surface area contributed by atoms with E-state index in [0.29, 0.717) is 28.7 Å². The first-order valence-electron chi connectivity index (χ1n) is 9.62. The summed E-state index contributed by atoms with van der Waals surface area (Å²) in [6.45, 7) is 3.99. The molecule has 1 unspecified atom stereocenters. The third-order valence-corrected chi connectivity index (χ3v) is 6.44. The van der Waals surface area contributed by atoms with E-state index in [2.05, 4.69) is 30.8 Å². The Kier molecular flexibility index (Phi) is 7.95. The lowest BCUT2D eigenvalue weighted by molar-refractivity contribution is -0.0498. The van der Waals surface area contributed by atoms with Crippen molar-refractivity contribution in [2.24, 2.45) is 11.3 Å². The zero-order valence-electron chi connectivity index (χ0n) is 17.5. The minimum atomic E-state index is -2.83. The van der Waals surface area contributed by atoms with Crippen LogP contribution in [0.15, 0.2) is 24.3 Å². The number of carboxylic acid groups (broad SMARTS) is 1. The minimum absolute atomic E-state index is 0.0515. The highest BCUT2D eigenvalue weighted by molar-refractivity contribution is 7.16. The van der Waals surface area contributed by atoms with Crippen LogP contribution in [-0.2, 0) is 12.8 Å². The highest BCUT2D eigenvalue weighted by Crippen LogP contribution is 2.44. The van der Waals surface area contributed by atoms with Crippen molar-refractivity contribution in [3.05, 3.63) is 45.8 Å². The molecule has 30 heavy (non-hydrogen) atoms. The molecule has 1 aliphatic rings. The zero-order valence-corrected chi connectivity index (χ0v) is 18.3. The summed E-state index contributed by atoms with van der Waals surface area (Å²) < 4.78 is 27.3. The number of hydrogen-bond donors (Lipinski definition) is 2. The summed E-state index contributed by atoms with van der Waals surface area (Å²) in [6, 6.07) is 5.45. The topological polar surface area (TPSA) is 75.6 Å². The molecule has 1 aromatic carbocycles. The third-order valence-electron chi connectivity index (χ3n) is 5.17. The van der Waals surface area contributed by atoms with Crippen LogP contribution in [0.3, 0.4) is 0 Å². The van der Waals surface area contributed by atoms with Crippen LogP contribution in [0.2, 0.25) is 0 Å². The van der Waals surface area contributed by atoms with Crippen molar-refractivity contribution in [1.82, 2.24) is 0 Å². The Bertz CT molecular complexity index is 872. The number of halogens is 2. The molecule has 8 heteroatoms. The molecule has 1 heterocycles. The number of aromatic carboxylic acids is 1. The largest absolute Gasteiger partial charge is 0.478 e. The van der Waals surface area contributed by atoms with Crippen LogP contribution in [-0.4, -0.2) is 31.0 Å². The molecule has 2 N–H and O–H groups in total. The number of alkyl halides is 2. The van der Waals surface area contributed by atoms with Crippen molar-refractivity contribution in [1.29, 1.82) is 0 Å². The van der Waals surface area contributed by atoms with E-state index in [9.17, 15) is 23.5 Å². The first-order chi connectivity index (χ1) is 14.1. The molecular weight excluding hydrogens is 412 g/mol. The normalized spacial score (nSPS) is 15.6. The number of carbonyl (C=O) groups is 2. The molecule has 0 saturated heterocycles. The lowest BCUT2D eigenvalue weighted by Crippen LogP contribution is -2.26. The van der Waals surface area contributed by atoms with Crippen LogP contribution in [0.1, 0.15) is 58.3 Å². The first-order valence-corrected chi connectivity index (χ1v) is 10.4. The number of hydrogen-bond acceptors (Lipinski definition) is 5. The van der Waals surface area contributed by atoms with Gasteiger partial charge in [0.25, 0.3) is 0 Å². The fraction of sp³-hybridized carbons (Fsp3) is 0.455. The molecule has 164 valence electrons. The molecule has 5 nitrogen and oxygen atoms in total. The van der Waals surface area contributed by atoms with Gasteiger partial charge in [-0.15, -0.1) is 11.3 Å². The van der Waals surface area contributed by atoms with Crippen LogP contribution in [0.4, 0.5) is 13.8 Å². The van der Waals surface area contributed by atoms with E-state index >= 15 is 0 Å². The van der Waals surface area contributed by atoms with Gasteiger partial charge in [0, 0.05) is 17.5 Å². The summed E-state index contributed by atoms with van der Waals surface area (Å²) in [5.74, 6) is -0.100. The standard InChI is InChI=1S/C14H21NO2S.C8H6F2O2/c1-14(2,3)8-5-6-9-10(7-8)18-12(15-4)11(9)13(16)17;9-8(10)12-7-3-1-6(5-11)2-4-7/h8,15H,5-7H2,1-4H3,(H,16,17);1-5,8H. The lowest BCUT2D eigenvalue weighted by Gasteiger charge is -2.33. The molecule has 0 bridgehead atoms. The molecule has 0 saturated carbocycles. The van der Waals surface area contributed by atoms with E-state index in [0.717, 1.165) is 29.8 Å². The van der Waals surface area contributed by atoms with Gasteiger partial charge in [0.1, 0.15) is 17.0 Å². The van der Waals surface area contributed by atoms with Gasteiger partial charge in [0.2, 0.25) is 0 Å². The van der Waals surface area contributed by atoms with Crippen LogP contribution >= 0.6 is 11.3 Å². The summed E-state index contributed by atoms with van der Waals surface area (Å²) in [7, 11) is 1.80. The van der Waals surface area contributed by atoms with Crippen LogP contribution < -0.4 is 10.1 Å². The van der Waals surface area contributed by atoms with Crippen molar-refractivity contribution >= 4 is 28.6 Å². The SMILES string of the molecule is CNc1sc2c(c1C(=O)O)CCC(C(C)(C)C)C2.O=Cc1ccc(OC(F)F)cc1. The van der Waals surface area contributed by atoms with E-state index in [1.54, 1.807) is 18.4 Å². The van der Waals surface area contributed by atoms with E-state index < -0.39 is 12.6 Å². The monoisotopic (exact) mass is 439 g/mol. The molecule has 0 spiro atoms. The molecule has 1 aliphatic carbocycles. The van der Waals surface area contributed by atoms with Crippen LogP contribution in [0.25, 0.3) is 0 Å². The number of carboxylic acids is 1. The van der Waals surface area contributed by atoms with Gasteiger partial charge in [-0.05, 0) is 60.4 Å². The number of rotatable bonds is 5. The average molecular weight is 440 g/mol. The Morgan fingerprint density at radius 2 is 1.93 bits per heavy atom. The van der Waals surface area contributed by atoms with E-state index in [1.807, 2.05) is 0 Å². The number of nitrogens with one attached hydrogen (secondary N) is 1. The van der Waals surface area contributed by atoms with Gasteiger partial charge in [-0.3, -0.25) is 4.79 Å². The molecule has 0 radical (unpaired) electrons. The summed E-state index contributed by atoms with van der Waals surface area (Å²) in [5.41, 5.74) is 2.30. The Morgan fingerprint density at radius 3 is 2.40 bits per heavy atom. The van der Waals surface area contributed by atoms with Crippen molar-refractivity contribution in [2.45, 2.75) is 46.6 Å².